The highest BCUT2D eigenvalue weighted by Gasteiger charge is 2.75. The first-order chi connectivity index (χ1) is 19.7. The van der Waals surface area contributed by atoms with E-state index in [1.807, 2.05) is 94.5 Å². The van der Waals surface area contributed by atoms with Crippen molar-refractivity contribution in [3.8, 4) is 0 Å². The number of ether oxygens (including phenoxy) is 1. The number of rotatable bonds is 6. The molecule has 2 aromatic carbocycles. The summed E-state index contributed by atoms with van der Waals surface area (Å²) in [6, 6.07) is 12.2. The van der Waals surface area contributed by atoms with Crippen LogP contribution in [0.15, 0.2) is 66.8 Å². The molecule has 3 amide bonds. The van der Waals surface area contributed by atoms with Crippen LogP contribution in [-0.2, 0) is 19.1 Å². The molecule has 2 fully saturated rings. The SMILES string of the molecule is CCCN1CC=C[C@]2(C)O[C@]34C=CCN(c5ccc6ccccc6c5)C(=O)C3N([C@@H](CO)C(C)C)C(=O)[C@@H]4[C@@H]2C1=O. The van der Waals surface area contributed by atoms with Gasteiger partial charge in [-0.1, -0.05) is 75.4 Å². The number of fused-ring (bicyclic) bond motifs is 3. The van der Waals surface area contributed by atoms with Crippen LogP contribution in [0.1, 0.15) is 34.1 Å². The molecule has 0 saturated carbocycles. The number of hydrogen-bond donors (Lipinski definition) is 1. The van der Waals surface area contributed by atoms with Gasteiger partial charge in [0.15, 0.2) is 0 Å². The van der Waals surface area contributed by atoms with Crippen molar-refractivity contribution >= 4 is 34.2 Å². The van der Waals surface area contributed by atoms with Crippen LogP contribution in [0.3, 0.4) is 0 Å². The molecule has 0 bridgehead atoms. The largest absolute Gasteiger partial charge is 0.394 e. The Bertz CT molecular complexity index is 1450. The lowest BCUT2D eigenvalue weighted by atomic mass is 9.74. The van der Waals surface area contributed by atoms with E-state index in [2.05, 4.69) is 0 Å². The molecule has 2 saturated heterocycles. The molecule has 2 aromatic rings. The minimum atomic E-state index is -1.35. The van der Waals surface area contributed by atoms with E-state index in [0.29, 0.717) is 19.6 Å². The standard InChI is InChI=1S/C33H39N3O5/c1-5-16-34-17-8-14-32(4)26(29(34)38)27-30(39)36(25(20-37)21(2)3)28-31(40)35(18-9-15-33(27,28)41-32)24-13-12-22-10-6-7-11-23(22)19-24/h6-15,19,21,25-28,37H,5,16-18,20H2,1-4H3/t25-,26+,27-,28?,32-,33-/m0/s1. The first kappa shape index (κ1) is 27.7. The van der Waals surface area contributed by atoms with Crippen LogP contribution in [-0.4, -0.2) is 82.2 Å². The quantitative estimate of drug-likeness (QED) is 0.549. The van der Waals surface area contributed by atoms with Gasteiger partial charge in [0.25, 0.3) is 5.91 Å². The van der Waals surface area contributed by atoms with Crippen molar-refractivity contribution in [2.24, 2.45) is 17.8 Å². The van der Waals surface area contributed by atoms with Gasteiger partial charge in [-0.3, -0.25) is 14.4 Å². The fourth-order valence-corrected chi connectivity index (χ4v) is 7.54. The summed E-state index contributed by atoms with van der Waals surface area (Å²) < 4.78 is 6.91. The summed E-state index contributed by atoms with van der Waals surface area (Å²) in [7, 11) is 0. The molecule has 8 heteroatoms. The number of carbonyl (C=O) groups is 3. The molecule has 41 heavy (non-hydrogen) atoms. The minimum Gasteiger partial charge on any atom is -0.394 e. The van der Waals surface area contributed by atoms with Crippen LogP contribution >= 0.6 is 0 Å². The predicted molar refractivity (Wildman–Crippen MR) is 157 cm³/mol. The van der Waals surface area contributed by atoms with Crippen LogP contribution in [0.2, 0.25) is 0 Å². The zero-order valence-corrected chi connectivity index (χ0v) is 24.2. The van der Waals surface area contributed by atoms with E-state index < -0.39 is 35.1 Å². The molecule has 1 spiro atoms. The highest BCUT2D eigenvalue weighted by molar-refractivity contribution is 6.07. The van der Waals surface area contributed by atoms with Crippen molar-refractivity contribution in [2.45, 2.75) is 57.4 Å². The van der Waals surface area contributed by atoms with Gasteiger partial charge in [0.1, 0.15) is 11.6 Å². The number of likely N-dealkylation sites (tertiary alicyclic amines) is 1. The van der Waals surface area contributed by atoms with Crippen molar-refractivity contribution < 1.29 is 24.2 Å². The summed E-state index contributed by atoms with van der Waals surface area (Å²) in [6.07, 6.45) is 8.40. The summed E-state index contributed by atoms with van der Waals surface area (Å²) in [4.78, 5) is 48.5. The summed E-state index contributed by atoms with van der Waals surface area (Å²) in [5.41, 5.74) is -1.68. The molecule has 4 aliphatic heterocycles. The van der Waals surface area contributed by atoms with E-state index in [4.69, 9.17) is 4.74 Å². The second-order valence-corrected chi connectivity index (χ2v) is 12.3. The second kappa shape index (κ2) is 10.1. The van der Waals surface area contributed by atoms with E-state index in [9.17, 15) is 19.5 Å². The van der Waals surface area contributed by atoms with Gasteiger partial charge in [0.05, 0.1) is 30.1 Å². The van der Waals surface area contributed by atoms with Crippen LogP contribution in [0, 0.1) is 17.8 Å². The van der Waals surface area contributed by atoms with Crippen LogP contribution in [0.25, 0.3) is 10.8 Å². The molecule has 8 nitrogen and oxygen atoms in total. The molecule has 1 unspecified atom stereocenters. The van der Waals surface area contributed by atoms with Gasteiger partial charge in [0.2, 0.25) is 11.8 Å². The Morgan fingerprint density at radius 1 is 0.951 bits per heavy atom. The van der Waals surface area contributed by atoms with E-state index in [1.165, 1.54) is 0 Å². The summed E-state index contributed by atoms with van der Waals surface area (Å²) in [5, 5.41) is 12.6. The van der Waals surface area contributed by atoms with Crippen LogP contribution in [0.4, 0.5) is 5.69 Å². The molecular formula is C33H39N3O5. The molecular weight excluding hydrogens is 518 g/mol. The lowest BCUT2D eigenvalue weighted by Gasteiger charge is -2.41. The maximum atomic E-state index is 14.7. The Kier molecular flexibility index (Phi) is 6.82. The van der Waals surface area contributed by atoms with Gasteiger partial charge < -0.3 is 24.5 Å². The predicted octanol–water partition coefficient (Wildman–Crippen LogP) is 3.54. The van der Waals surface area contributed by atoms with Crippen LogP contribution < -0.4 is 4.90 Å². The zero-order valence-electron chi connectivity index (χ0n) is 24.2. The smallest absolute Gasteiger partial charge is 0.253 e. The average Bonchev–Trinajstić information content (AvgIpc) is 3.22. The maximum absolute atomic E-state index is 14.7. The summed E-state index contributed by atoms with van der Waals surface area (Å²) in [6.45, 7) is 8.78. The third kappa shape index (κ3) is 4.06. The number of nitrogens with zero attached hydrogens (tertiary/aromatic N) is 3. The van der Waals surface area contributed by atoms with Gasteiger partial charge >= 0.3 is 0 Å². The molecule has 0 aromatic heterocycles. The Morgan fingerprint density at radius 3 is 2.39 bits per heavy atom. The summed E-state index contributed by atoms with van der Waals surface area (Å²) >= 11 is 0. The highest BCUT2D eigenvalue weighted by atomic mass is 16.5. The third-order valence-corrected chi connectivity index (χ3v) is 9.43. The Labute approximate surface area is 241 Å². The monoisotopic (exact) mass is 557 g/mol. The van der Waals surface area contributed by atoms with Gasteiger partial charge in [-0.2, -0.15) is 0 Å². The highest BCUT2D eigenvalue weighted by Crippen LogP contribution is 2.58. The fraction of sp³-hybridized carbons (Fsp3) is 0.485. The van der Waals surface area contributed by atoms with Gasteiger partial charge in [-0.05, 0) is 42.2 Å². The van der Waals surface area contributed by atoms with Gasteiger partial charge in [-0.25, -0.2) is 0 Å². The lowest BCUT2D eigenvalue weighted by Crippen LogP contribution is -2.59. The van der Waals surface area contributed by atoms with E-state index in [0.717, 1.165) is 22.9 Å². The number of amides is 3. The number of aliphatic hydroxyl groups excluding tert-OH is 1. The molecule has 1 N–H and O–H groups in total. The first-order valence-corrected chi connectivity index (χ1v) is 14.7. The Balaban J connectivity index is 1.50. The topological polar surface area (TPSA) is 90.4 Å². The Hall–Kier alpha value is -3.49. The first-order valence-electron chi connectivity index (χ1n) is 14.7. The second-order valence-electron chi connectivity index (χ2n) is 12.3. The van der Waals surface area contributed by atoms with Crippen molar-refractivity contribution in [1.82, 2.24) is 9.80 Å². The summed E-state index contributed by atoms with van der Waals surface area (Å²) in [5.74, 6) is -2.52. The van der Waals surface area contributed by atoms with Crippen molar-refractivity contribution in [1.29, 1.82) is 0 Å². The van der Waals surface area contributed by atoms with Crippen LogP contribution in [0.5, 0.6) is 0 Å². The normalized spacial score (nSPS) is 31.9. The zero-order chi connectivity index (χ0) is 29.1. The molecule has 4 heterocycles. The number of benzene rings is 2. The van der Waals surface area contributed by atoms with Crippen molar-refractivity contribution in [3.63, 3.8) is 0 Å². The van der Waals surface area contributed by atoms with Gasteiger partial charge in [0, 0.05) is 25.3 Å². The molecule has 6 rings (SSSR count). The Morgan fingerprint density at radius 2 is 1.68 bits per heavy atom. The number of carbonyl (C=O) groups excluding carboxylic acids is 3. The van der Waals surface area contributed by atoms with Crippen molar-refractivity contribution in [2.75, 3.05) is 31.1 Å². The molecule has 6 atom stereocenters. The fourth-order valence-electron chi connectivity index (χ4n) is 7.54. The molecule has 216 valence electrons. The number of aliphatic hydroxyl groups is 1. The molecule has 4 aliphatic rings. The molecule has 0 radical (unpaired) electrons. The van der Waals surface area contributed by atoms with Crippen molar-refractivity contribution in [3.05, 3.63) is 66.8 Å². The minimum absolute atomic E-state index is 0.123. The lowest BCUT2D eigenvalue weighted by molar-refractivity contribution is -0.152. The number of anilines is 1. The van der Waals surface area contributed by atoms with E-state index in [1.54, 1.807) is 14.7 Å². The number of hydrogen-bond acceptors (Lipinski definition) is 5. The third-order valence-electron chi connectivity index (χ3n) is 9.43. The van der Waals surface area contributed by atoms with E-state index >= 15 is 0 Å². The molecule has 0 aliphatic carbocycles. The van der Waals surface area contributed by atoms with E-state index in [-0.39, 0.29) is 30.2 Å². The van der Waals surface area contributed by atoms with Gasteiger partial charge in [-0.15, -0.1) is 0 Å². The average molecular weight is 558 g/mol. The maximum Gasteiger partial charge on any atom is 0.253 e.